The van der Waals surface area contributed by atoms with E-state index < -0.39 is 16.0 Å². The van der Waals surface area contributed by atoms with Gasteiger partial charge in [0.1, 0.15) is 0 Å². The lowest BCUT2D eigenvalue weighted by molar-refractivity contribution is 0.0696. The lowest BCUT2D eigenvalue weighted by Crippen LogP contribution is -2.26. The molecule has 0 spiro atoms. The standard InChI is InChI=1S/C13H19BrN2O4S/c1-16(2)8-4-3-7-15-21(19,20)12-9-10(13(17)18)5-6-11(12)14/h5-6,9,15H,3-4,7-8H2,1-2H3,(H,17,18). The van der Waals surface area contributed by atoms with Crippen LogP contribution in [0.15, 0.2) is 27.6 Å². The van der Waals surface area contributed by atoms with Gasteiger partial charge < -0.3 is 10.0 Å². The molecule has 8 heteroatoms. The molecule has 0 saturated carbocycles. The molecule has 6 nitrogen and oxygen atoms in total. The Morgan fingerprint density at radius 2 is 2.00 bits per heavy atom. The Bertz CT molecular complexity index is 602. The fourth-order valence-corrected chi connectivity index (χ4v) is 3.74. The van der Waals surface area contributed by atoms with Crippen LogP contribution in [0.1, 0.15) is 23.2 Å². The second-order valence-corrected chi connectivity index (χ2v) is 7.45. The summed E-state index contributed by atoms with van der Waals surface area (Å²) in [6, 6.07) is 3.92. The molecule has 0 amide bonds. The summed E-state index contributed by atoms with van der Waals surface area (Å²) in [4.78, 5) is 12.9. The van der Waals surface area contributed by atoms with Crippen LogP contribution >= 0.6 is 15.9 Å². The van der Waals surface area contributed by atoms with Crippen LogP contribution in [0.3, 0.4) is 0 Å². The smallest absolute Gasteiger partial charge is 0.335 e. The van der Waals surface area contributed by atoms with Crippen molar-refractivity contribution in [3.8, 4) is 0 Å². The molecular weight excluding hydrogens is 360 g/mol. The van der Waals surface area contributed by atoms with Crippen molar-refractivity contribution in [3.63, 3.8) is 0 Å². The van der Waals surface area contributed by atoms with Crippen LogP contribution in [0, 0.1) is 0 Å². The SMILES string of the molecule is CN(C)CCCCNS(=O)(=O)c1cc(C(=O)O)ccc1Br. The summed E-state index contributed by atoms with van der Waals surface area (Å²) in [5.74, 6) is -1.16. The van der Waals surface area contributed by atoms with E-state index >= 15 is 0 Å². The van der Waals surface area contributed by atoms with E-state index in [9.17, 15) is 13.2 Å². The number of nitrogens with zero attached hydrogens (tertiary/aromatic N) is 1. The highest BCUT2D eigenvalue weighted by Gasteiger charge is 2.19. The zero-order chi connectivity index (χ0) is 16.0. The van der Waals surface area contributed by atoms with E-state index in [0.29, 0.717) is 17.4 Å². The van der Waals surface area contributed by atoms with Crippen molar-refractivity contribution >= 4 is 31.9 Å². The first-order valence-electron chi connectivity index (χ1n) is 6.41. The van der Waals surface area contributed by atoms with Gasteiger partial charge in [-0.05, 0) is 67.6 Å². The van der Waals surface area contributed by atoms with Gasteiger partial charge in [-0.3, -0.25) is 0 Å². The molecule has 1 aromatic rings. The Morgan fingerprint density at radius 1 is 1.33 bits per heavy atom. The van der Waals surface area contributed by atoms with Crippen molar-refractivity contribution in [1.29, 1.82) is 0 Å². The first-order valence-corrected chi connectivity index (χ1v) is 8.69. The third-order valence-corrected chi connectivity index (χ3v) is 5.25. The van der Waals surface area contributed by atoms with Gasteiger partial charge in [0.15, 0.2) is 0 Å². The van der Waals surface area contributed by atoms with Gasteiger partial charge in [0.25, 0.3) is 0 Å². The van der Waals surface area contributed by atoms with Crippen LogP contribution in [0.2, 0.25) is 0 Å². The van der Waals surface area contributed by atoms with Crippen LogP contribution < -0.4 is 4.72 Å². The van der Waals surface area contributed by atoms with Crippen molar-refractivity contribution in [2.24, 2.45) is 0 Å². The van der Waals surface area contributed by atoms with Gasteiger partial charge >= 0.3 is 5.97 Å². The van der Waals surface area contributed by atoms with Gasteiger partial charge in [0.2, 0.25) is 10.0 Å². The highest BCUT2D eigenvalue weighted by atomic mass is 79.9. The number of aromatic carboxylic acids is 1. The molecule has 118 valence electrons. The number of halogens is 1. The van der Waals surface area contributed by atoms with E-state index in [1.165, 1.54) is 12.1 Å². The van der Waals surface area contributed by atoms with Gasteiger partial charge in [0, 0.05) is 11.0 Å². The predicted octanol–water partition coefficient (Wildman–Crippen LogP) is 1.77. The zero-order valence-electron chi connectivity index (χ0n) is 12.0. The maximum atomic E-state index is 12.2. The second-order valence-electron chi connectivity index (χ2n) is 4.86. The summed E-state index contributed by atoms with van der Waals surface area (Å²) in [5.41, 5.74) is -0.0637. The molecule has 21 heavy (non-hydrogen) atoms. The molecule has 1 aromatic carbocycles. The Kier molecular flexibility index (Phi) is 6.79. The van der Waals surface area contributed by atoms with E-state index in [-0.39, 0.29) is 10.5 Å². The normalized spacial score (nSPS) is 11.8. The molecule has 0 bridgehead atoms. The lowest BCUT2D eigenvalue weighted by atomic mass is 10.2. The highest BCUT2D eigenvalue weighted by molar-refractivity contribution is 9.10. The minimum absolute atomic E-state index is 0.0602. The number of hydrogen-bond acceptors (Lipinski definition) is 4. The van der Waals surface area contributed by atoms with Gasteiger partial charge in [-0.1, -0.05) is 0 Å². The number of carbonyl (C=O) groups is 1. The van der Waals surface area contributed by atoms with Crippen molar-refractivity contribution in [3.05, 3.63) is 28.2 Å². The summed E-state index contributed by atoms with van der Waals surface area (Å²) in [7, 11) is 0.193. The van der Waals surface area contributed by atoms with E-state index in [1.807, 2.05) is 19.0 Å². The maximum Gasteiger partial charge on any atom is 0.335 e. The van der Waals surface area contributed by atoms with E-state index in [0.717, 1.165) is 19.0 Å². The van der Waals surface area contributed by atoms with Crippen LogP contribution in [0.4, 0.5) is 0 Å². The summed E-state index contributed by atoms with van der Waals surface area (Å²) in [5, 5.41) is 8.93. The van der Waals surface area contributed by atoms with E-state index in [4.69, 9.17) is 5.11 Å². The molecule has 0 aromatic heterocycles. The van der Waals surface area contributed by atoms with E-state index in [1.54, 1.807) is 0 Å². The molecule has 0 fully saturated rings. The highest BCUT2D eigenvalue weighted by Crippen LogP contribution is 2.23. The average Bonchev–Trinajstić information content (AvgIpc) is 2.37. The summed E-state index contributed by atoms with van der Waals surface area (Å²) in [6.45, 7) is 1.21. The summed E-state index contributed by atoms with van der Waals surface area (Å²) in [6.07, 6.45) is 1.60. The maximum absolute atomic E-state index is 12.2. The van der Waals surface area contributed by atoms with E-state index in [2.05, 4.69) is 20.7 Å². The summed E-state index contributed by atoms with van der Waals surface area (Å²) >= 11 is 3.14. The number of nitrogens with one attached hydrogen (secondary N) is 1. The fourth-order valence-electron chi connectivity index (χ4n) is 1.68. The third-order valence-electron chi connectivity index (χ3n) is 2.79. The van der Waals surface area contributed by atoms with Gasteiger partial charge in [-0.25, -0.2) is 17.9 Å². The molecule has 0 saturated heterocycles. The van der Waals surface area contributed by atoms with Crippen LogP contribution in [0.25, 0.3) is 0 Å². The zero-order valence-corrected chi connectivity index (χ0v) is 14.4. The first-order chi connectivity index (χ1) is 9.74. The number of rotatable bonds is 8. The molecule has 0 aliphatic rings. The topological polar surface area (TPSA) is 86.7 Å². The minimum atomic E-state index is -3.72. The Balaban J connectivity index is 2.74. The quantitative estimate of drug-likeness (QED) is 0.673. The molecule has 0 unspecified atom stereocenters. The third kappa shape index (κ3) is 5.74. The number of benzene rings is 1. The Morgan fingerprint density at radius 3 is 2.57 bits per heavy atom. The molecular formula is C13H19BrN2O4S. The number of hydrogen-bond donors (Lipinski definition) is 2. The number of carboxylic acid groups (broad SMARTS) is 1. The minimum Gasteiger partial charge on any atom is -0.478 e. The van der Waals surface area contributed by atoms with Crippen LogP contribution in [-0.4, -0.2) is 51.6 Å². The molecule has 0 radical (unpaired) electrons. The molecule has 0 atom stereocenters. The molecule has 1 rings (SSSR count). The number of unbranched alkanes of at least 4 members (excludes halogenated alkanes) is 1. The Hall–Kier alpha value is -0.960. The number of carboxylic acids is 1. The molecule has 2 N–H and O–H groups in total. The number of sulfonamides is 1. The van der Waals surface area contributed by atoms with Gasteiger partial charge in [-0.15, -0.1) is 0 Å². The van der Waals surface area contributed by atoms with Crippen molar-refractivity contribution in [1.82, 2.24) is 9.62 Å². The fraction of sp³-hybridized carbons (Fsp3) is 0.462. The van der Waals surface area contributed by atoms with Crippen LogP contribution in [0.5, 0.6) is 0 Å². The summed E-state index contributed by atoms with van der Waals surface area (Å²) < 4.78 is 27.2. The van der Waals surface area contributed by atoms with Crippen molar-refractivity contribution in [2.45, 2.75) is 17.7 Å². The largest absolute Gasteiger partial charge is 0.478 e. The van der Waals surface area contributed by atoms with Crippen molar-refractivity contribution < 1.29 is 18.3 Å². The van der Waals surface area contributed by atoms with Gasteiger partial charge in [0.05, 0.1) is 10.5 Å². The average molecular weight is 379 g/mol. The van der Waals surface area contributed by atoms with Crippen LogP contribution in [-0.2, 0) is 10.0 Å². The molecule has 0 aliphatic heterocycles. The lowest BCUT2D eigenvalue weighted by Gasteiger charge is -2.11. The van der Waals surface area contributed by atoms with Crippen molar-refractivity contribution in [2.75, 3.05) is 27.2 Å². The predicted molar refractivity (Wildman–Crippen MR) is 84.1 cm³/mol. The first kappa shape index (κ1) is 18.1. The molecule has 0 aliphatic carbocycles. The molecule has 0 heterocycles. The second kappa shape index (κ2) is 7.88. The Labute approximate surface area is 133 Å². The monoisotopic (exact) mass is 378 g/mol. The van der Waals surface area contributed by atoms with Gasteiger partial charge in [-0.2, -0.15) is 0 Å².